The summed E-state index contributed by atoms with van der Waals surface area (Å²) >= 11 is 0. The fourth-order valence-electron chi connectivity index (χ4n) is 3.44. The van der Waals surface area contributed by atoms with Gasteiger partial charge in [0.25, 0.3) is 5.88 Å². The second kappa shape index (κ2) is 10.8. The third kappa shape index (κ3) is 6.72. The van der Waals surface area contributed by atoms with Crippen LogP contribution in [0.15, 0.2) is 28.5 Å². The van der Waals surface area contributed by atoms with E-state index in [1.807, 2.05) is 0 Å². The van der Waals surface area contributed by atoms with E-state index < -0.39 is 24.7 Å². The van der Waals surface area contributed by atoms with E-state index in [2.05, 4.69) is 20.3 Å². The number of ether oxygens (including phenoxy) is 3. The summed E-state index contributed by atoms with van der Waals surface area (Å²) in [6.07, 6.45) is 3.32. The van der Waals surface area contributed by atoms with Crippen LogP contribution in [0.3, 0.4) is 0 Å². The molecule has 1 N–H and O–H groups in total. The van der Waals surface area contributed by atoms with Gasteiger partial charge in [-0.1, -0.05) is 0 Å². The Morgan fingerprint density at radius 1 is 1.08 bits per heavy atom. The van der Waals surface area contributed by atoms with Crippen molar-refractivity contribution in [2.24, 2.45) is 0 Å². The first-order valence-corrected chi connectivity index (χ1v) is 14.8. The first-order chi connectivity index (χ1) is 16.8. The molecule has 15 heteroatoms. The summed E-state index contributed by atoms with van der Waals surface area (Å²) in [4.78, 5) is 25.8. The molecule has 0 saturated carbocycles. The molecule has 3 heterocycles. The van der Waals surface area contributed by atoms with Crippen molar-refractivity contribution in [3.8, 4) is 11.6 Å². The van der Waals surface area contributed by atoms with Gasteiger partial charge in [0.15, 0.2) is 35.5 Å². The molecule has 0 aromatic carbocycles. The van der Waals surface area contributed by atoms with Gasteiger partial charge in [-0.3, -0.25) is 0 Å². The Balaban J connectivity index is 1.82. The molecule has 1 amide bonds. The number of nitrogens with zero attached hydrogens (tertiary/aromatic N) is 4. The molecule has 0 spiro atoms. The molecule has 1 saturated heterocycles. The van der Waals surface area contributed by atoms with Crippen LogP contribution in [-0.4, -0.2) is 87.7 Å². The number of amides is 1. The highest BCUT2D eigenvalue weighted by molar-refractivity contribution is 7.91. The molecule has 1 aliphatic rings. The van der Waals surface area contributed by atoms with Crippen LogP contribution < -0.4 is 14.8 Å². The van der Waals surface area contributed by atoms with Crippen molar-refractivity contribution < 1.29 is 35.8 Å². The average Bonchev–Trinajstić information content (AvgIpc) is 2.78. The van der Waals surface area contributed by atoms with Crippen molar-refractivity contribution in [1.82, 2.24) is 19.9 Å². The maximum atomic E-state index is 12.3. The average molecular weight is 544 g/mol. The molecule has 1 fully saturated rings. The lowest BCUT2D eigenvalue weighted by Gasteiger charge is -2.31. The molecule has 2 aromatic rings. The molecular formula is C21H29N5O8S2. The smallest absolute Gasteiger partial charge is 0.410 e. The van der Waals surface area contributed by atoms with Crippen LogP contribution in [0.2, 0.25) is 0 Å². The van der Waals surface area contributed by atoms with Gasteiger partial charge in [0.2, 0.25) is 5.75 Å². The number of methoxy groups -OCH3 is 1. The van der Waals surface area contributed by atoms with Crippen molar-refractivity contribution in [3.63, 3.8) is 0 Å². The van der Waals surface area contributed by atoms with E-state index in [0.29, 0.717) is 25.9 Å². The number of nitrogens with one attached hydrogen (secondary N) is 1. The van der Waals surface area contributed by atoms with E-state index in [4.69, 9.17) is 14.2 Å². The second-order valence-electron chi connectivity index (χ2n) is 8.47. The fourth-order valence-corrected chi connectivity index (χ4v) is 4.85. The Morgan fingerprint density at radius 2 is 1.75 bits per heavy atom. The molecule has 0 radical (unpaired) electrons. The van der Waals surface area contributed by atoms with Gasteiger partial charge in [0, 0.05) is 38.4 Å². The van der Waals surface area contributed by atoms with E-state index >= 15 is 0 Å². The summed E-state index contributed by atoms with van der Waals surface area (Å²) in [5, 5.41) is 1.99. The first-order valence-electron chi connectivity index (χ1n) is 11.0. The molecule has 0 bridgehead atoms. The summed E-state index contributed by atoms with van der Waals surface area (Å²) < 4.78 is 65.0. The molecule has 0 atom stereocenters. The summed E-state index contributed by atoms with van der Waals surface area (Å²) in [6, 6.07) is 2.48. The minimum Gasteiger partial charge on any atom is -0.489 e. The molecular weight excluding hydrogens is 514 g/mol. The Kier molecular flexibility index (Phi) is 8.23. The monoisotopic (exact) mass is 543 g/mol. The van der Waals surface area contributed by atoms with Gasteiger partial charge in [-0.05, 0) is 26.0 Å². The summed E-state index contributed by atoms with van der Waals surface area (Å²) in [5.74, 6) is 0.338. The zero-order valence-electron chi connectivity index (χ0n) is 20.6. The summed E-state index contributed by atoms with van der Waals surface area (Å²) in [6.45, 7) is 4.47. The standard InChI is InChI=1S/C21H29N5O8S2/c1-13(2)33-21(27)26-10-8-14(9-11-26)34-19-17(32-3)18(22-12-23-19)24-15-6-7-16(35(4,28)29)25-20(15)36(5,30)31/h6-7,12-14H,8-11H2,1-5H3,(H,22,23,24). The van der Waals surface area contributed by atoms with Gasteiger partial charge in [-0.2, -0.15) is 4.98 Å². The van der Waals surface area contributed by atoms with Crippen LogP contribution in [-0.2, 0) is 24.4 Å². The van der Waals surface area contributed by atoms with Crippen molar-refractivity contribution >= 4 is 37.3 Å². The van der Waals surface area contributed by atoms with Gasteiger partial charge in [-0.15, -0.1) is 0 Å². The zero-order valence-corrected chi connectivity index (χ0v) is 22.2. The maximum absolute atomic E-state index is 12.3. The Bertz CT molecular complexity index is 1320. The van der Waals surface area contributed by atoms with E-state index in [9.17, 15) is 21.6 Å². The Labute approximate surface area is 210 Å². The summed E-state index contributed by atoms with van der Waals surface area (Å²) in [5.41, 5.74) is 0.00447. The number of pyridine rings is 1. The fraction of sp³-hybridized carbons (Fsp3) is 0.524. The Morgan fingerprint density at radius 3 is 2.31 bits per heavy atom. The van der Waals surface area contributed by atoms with Crippen LogP contribution in [0.5, 0.6) is 11.6 Å². The summed E-state index contributed by atoms with van der Waals surface area (Å²) in [7, 11) is -6.26. The van der Waals surface area contributed by atoms with Crippen LogP contribution in [0.1, 0.15) is 26.7 Å². The zero-order chi connectivity index (χ0) is 26.7. The third-order valence-electron chi connectivity index (χ3n) is 5.11. The minimum absolute atomic E-state index is 0.00447. The largest absolute Gasteiger partial charge is 0.489 e. The van der Waals surface area contributed by atoms with E-state index in [0.717, 1.165) is 12.5 Å². The number of carbonyl (C=O) groups is 1. The highest BCUT2D eigenvalue weighted by Gasteiger charge is 2.28. The number of anilines is 2. The SMILES string of the molecule is COc1c(Nc2ccc(S(C)(=O)=O)nc2S(C)(=O)=O)ncnc1OC1CCN(C(=O)OC(C)C)CC1. The first kappa shape index (κ1) is 27.4. The highest BCUT2D eigenvalue weighted by Crippen LogP contribution is 2.36. The van der Waals surface area contributed by atoms with Gasteiger partial charge >= 0.3 is 6.09 Å². The van der Waals surface area contributed by atoms with Crippen molar-refractivity contribution in [2.75, 3.05) is 38.0 Å². The number of piperidine rings is 1. The van der Waals surface area contributed by atoms with Crippen LogP contribution >= 0.6 is 0 Å². The lowest BCUT2D eigenvalue weighted by atomic mass is 10.1. The number of carbonyl (C=O) groups excluding carboxylic acids is 1. The predicted octanol–water partition coefficient (Wildman–Crippen LogP) is 1.82. The molecule has 198 valence electrons. The quantitative estimate of drug-likeness (QED) is 0.514. The predicted molar refractivity (Wildman–Crippen MR) is 129 cm³/mol. The molecule has 3 rings (SSSR count). The number of likely N-dealkylation sites (tertiary alicyclic amines) is 1. The van der Waals surface area contributed by atoms with Crippen molar-refractivity contribution in [3.05, 3.63) is 18.5 Å². The highest BCUT2D eigenvalue weighted by atomic mass is 32.2. The van der Waals surface area contributed by atoms with E-state index in [1.165, 1.54) is 25.6 Å². The lowest BCUT2D eigenvalue weighted by Crippen LogP contribution is -2.42. The second-order valence-corrected chi connectivity index (χ2v) is 12.4. The molecule has 0 aliphatic carbocycles. The van der Waals surface area contributed by atoms with Crippen LogP contribution in [0.25, 0.3) is 0 Å². The number of rotatable bonds is 8. The van der Waals surface area contributed by atoms with Crippen LogP contribution in [0.4, 0.5) is 16.3 Å². The van der Waals surface area contributed by atoms with Gasteiger partial charge < -0.3 is 24.4 Å². The maximum Gasteiger partial charge on any atom is 0.410 e. The number of hydrogen-bond donors (Lipinski definition) is 1. The van der Waals surface area contributed by atoms with Gasteiger partial charge in [-0.25, -0.2) is 31.6 Å². The van der Waals surface area contributed by atoms with Crippen LogP contribution in [0, 0.1) is 0 Å². The molecule has 2 aromatic heterocycles. The third-order valence-corrected chi connectivity index (χ3v) is 7.11. The number of aromatic nitrogens is 3. The van der Waals surface area contributed by atoms with E-state index in [-0.39, 0.29) is 46.5 Å². The number of hydrogen-bond acceptors (Lipinski definition) is 12. The van der Waals surface area contributed by atoms with E-state index in [1.54, 1.807) is 18.7 Å². The normalized spacial score (nSPS) is 15.0. The Hall–Kier alpha value is -3.20. The molecule has 0 unspecified atom stereocenters. The lowest BCUT2D eigenvalue weighted by molar-refractivity contribution is 0.0500. The molecule has 13 nitrogen and oxygen atoms in total. The molecule has 1 aliphatic heterocycles. The van der Waals surface area contributed by atoms with Crippen molar-refractivity contribution in [2.45, 2.75) is 48.9 Å². The van der Waals surface area contributed by atoms with Crippen molar-refractivity contribution in [1.29, 1.82) is 0 Å². The minimum atomic E-state index is -3.90. The molecule has 36 heavy (non-hydrogen) atoms. The van der Waals surface area contributed by atoms with Gasteiger partial charge in [0.05, 0.1) is 18.9 Å². The number of sulfone groups is 2. The topological polar surface area (TPSA) is 167 Å². The van der Waals surface area contributed by atoms with Gasteiger partial charge in [0.1, 0.15) is 12.4 Å².